The predicted molar refractivity (Wildman–Crippen MR) is 69.0 cm³/mol. The van der Waals surface area contributed by atoms with Crippen LogP contribution in [0.5, 0.6) is 0 Å². The summed E-state index contributed by atoms with van der Waals surface area (Å²) in [5.74, 6) is -1.14. The Kier molecular flexibility index (Phi) is 4.73. The fraction of sp³-hybridized carbons (Fsp3) is 0.786. The van der Waals surface area contributed by atoms with Gasteiger partial charge in [-0.15, -0.1) is 0 Å². The van der Waals surface area contributed by atoms with Gasteiger partial charge in [0, 0.05) is 18.9 Å². The number of alkyl halides is 3. The van der Waals surface area contributed by atoms with Gasteiger partial charge >= 0.3 is 6.18 Å². The van der Waals surface area contributed by atoms with E-state index in [2.05, 4.69) is 4.98 Å². The highest BCUT2D eigenvalue weighted by Gasteiger charge is 2.44. The molecule has 1 aromatic rings. The molecule has 0 amide bonds. The minimum absolute atomic E-state index is 0.00362. The van der Waals surface area contributed by atoms with Crippen molar-refractivity contribution in [2.45, 2.75) is 57.9 Å². The van der Waals surface area contributed by atoms with Gasteiger partial charge in [-0.2, -0.15) is 13.2 Å². The molecule has 2 rings (SSSR count). The van der Waals surface area contributed by atoms with E-state index in [-0.39, 0.29) is 18.8 Å². The molecule has 0 spiro atoms. The van der Waals surface area contributed by atoms with Gasteiger partial charge in [0.15, 0.2) is 0 Å². The molecule has 0 aromatic carbocycles. The lowest BCUT2D eigenvalue weighted by molar-refractivity contribution is -0.189. The first kappa shape index (κ1) is 15.4. The molecule has 3 nitrogen and oxygen atoms in total. The third-order valence-electron chi connectivity index (χ3n) is 4.10. The van der Waals surface area contributed by atoms with E-state index < -0.39 is 18.2 Å². The van der Waals surface area contributed by atoms with Gasteiger partial charge in [0.05, 0.1) is 5.92 Å². The summed E-state index contributed by atoms with van der Waals surface area (Å²) in [4.78, 5) is 4.13. The smallest absolute Gasteiger partial charge is 0.385 e. The molecule has 1 N–H and O–H groups in total. The van der Waals surface area contributed by atoms with Crippen LogP contribution in [0.25, 0.3) is 0 Å². The molecule has 1 fully saturated rings. The highest BCUT2D eigenvalue weighted by Crippen LogP contribution is 2.43. The van der Waals surface area contributed by atoms with E-state index >= 15 is 0 Å². The molecule has 3 unspecified atom stereocenters. The maximum atomic E-state index is 12.8. The van der Waals surface area contributed by atoms with E-state index in [0.29, 0.717) is 18.7 Å². The van der Waals surface area contributed by atoms with E-state index in [1.165, 1.54) is 0 Å². The number of aromatic nitrogens is 2. The lowest BCUT2D eigenvalue weighted by Gasteiger charge is -2.33. The number of rotatable bonds is 4. The summed E-state index contributed by atoms with van der Waals surface area (Å²) >= 11 is 0. The summed E-state index contributed by atoms with van der Waals surface area (Å²) < 4.78 is 40.3. The molecule has 20 heavy (non-hydrogen) atoms. The molecule has 1 heterocycles. The fourth-order valence-corrected chi connectivity index (χ4v) is 3.04. The molecule has 1 saturated carbocycles. The van der Waals surface area contributed by atoms with E-state index in [1.807, 2.05) is 11.5 Å². The Morgan fingerprint density at radius 2 is 2.20 bits per heavy atom. The lowest BCUT2D eigenvalue weighted by Crippen LogP contribution is -2.31. The van der Waals surface area contributed by atoms with Crippen LogP contribution in [0.15, 0.2) is 12.4 Å². The Hall–Kier alpha value is -1.04. The zero-order valence-corrected chi connectivity index (χ0v) is 11.6. The van der Waals surface area contributed by atoms with Crippen molar-refractivity contribution in [1.82, 2.24) is 9.55 Å². The van der Waals surface area contributed by atoms with Crippen molar-refractivity contribution in [3.63, 3.8) is 0 Å². The van der Waals surface area contributed by atoms with Crippen molar-refractivity contribution in [2.24, 2.45) is 11.8 Å². The summed E-state index contributed by atoms with van der Waals surface area (Å²) in [5.41, 5.74) is 0. The molecule has 0 bridgehead atoms. The van der Waals surface area contributed by atoms with Crippen molar-refractivity contribution >= 4 is 0 Å². The van der Waals surface area contributed by atoms with Gasteiger partial charge in [0.1, 0.15) is 11.9 Å². The first-order valence-electron chi connectivity index (χ1n) is 7.19. The Morgan fingerprint density at radius 3 is 2.85 bits per heavy atom. The largest absolute Gasteiger partial charge is 0.391 e. The third-order valence-corrected chi connectivity index (χ3v) is 4.10. The Labute approximate surface area is 116 Å². The number of halogens is 3. The molecule has 1 aliphatic carbocycles. The van der Waals surface area contributed by atoms with Gasteiger partial charge < -0.3 is 9.67 Å². The molecule has 0 radical (unpaired) electrons. The number of nitrogens with zero attached hydrogens (tertiary/aromatic N) is 2. The first-order chi connectivity index (χ1) is 9.43. The fourth-order valence-electron chi connectivity index (χ4n) is 3.04. The lowest BCUT2D eigenvalue weighted by atomic mass is 9.78. The highest BCUT2D eigenvalue weighted by molar-refractivity contribution is 5.00. The molecule has 1 aromatic heterocycles. The molecule has 3 atom stereocenters. The van der Waals surface area contributed by atoms with Gasteiger partial charge in [-0.25, -0.2) is 4.98 Å². The number of aliphatic hydroxyl groups excluding tert-OH is 1. The van der Waals surface area contributed by atoms with Gasteiger partial charge in [0.25, 0.3) is 0 Å². The van der Waals surface area contributed by atoms with Gasteiger partial charge in [0.2, 0.25) is 0 Å². The third kappa shape index (κ3) is 3.34. The Bertz CT molecular complexity index is 430. The number of aliphatic hydroxyl groups is 1. The van der Waals surface area contributed by atoms with Gasteiger partial charge in [-0.3, -0.25) is 0 Å². The standard InChI is InChI=1S/C14H21F3N2O/c1-2-7-19-8-6-18-13(19)12(20)10-4-3-5-11(9-10)14(15,16)17/h6,8,10-12,20H,2-5,7,9H2,1H3. The van der Waals surface area contributed by atoms with Crippen molar-refractivity contribution in [3.05, 3.63) is 18.2 Å². The molecule has 0 saturated heterocycles. The van der Waals surface area contributed by atoms with Crippen LogP contribution in [0.2, 0.25) is 0 Å². The average Bonchev–Trinajstić information content (AvgIpc) is 2.86. The van der Waals surface area contributed by atoms with Crippen LogP contribution < -0.4 is 0 Å². The van der Waals surface area contributed by atoms with Crippen LogP contribution in [0.1, 0.15) is 51.0 Å². The number of hydrogen-bond acceptors (Lipinski definition) is 2. The minimum Gasteiger partial charge on any atom is -0.385 e. The maximum absolute atomic E-state index is 12.8. The van der Waals surface area contributed by atoms with Crippen LogP contribution in [-0.2, 0) is 6.54 Å². The van der Waals surface area contributed by atoms with E-state index in [0.717, 1.165) is 13.0 Å². The summed E-state index contributed by atoms with van der Waals surface area (Å²) in [6.07, 6.45) is 0.530. The van der Waals surface area contributed by atoms with Crippen LogP contribution in [0.4, 0.5) is 13.2 Å². The quantitative estimate of drug-likeness (QED) is 0.918. The molecular weight excluding hydrogens is 269 g/mol. The van der Waals surface area contributed by atoms with Crippen LogP contribution in [-0.4, -0.2) is 20.8 Å². The second-order valence-corrected chi connectivity index (χ2v) is 5.59. The zero-order valence-electron chi connectivity index (χ0n) is 11.6. The summed E-state index contributed by atoms with van der Waals surface area (Å²) in [7, 11) is 0. The molecule has 0 aliphatic heterocycles. The Morgan fingerprint density at radius 1 is 1.45 bits per heavy atom. The SMILES string of the molecule is CCCn1ccnc1C(O)C1CCCC(C(F)(F)F)C1. The number of hydrogen-bond donors (Lipinski definition) is 1. The van der Waals surface area contributed by atoms with Crippen LogP contribution in [0, 0.1) is 11.8 Å². The van der Waals surface area contributed by atoms with E-state index in [9.17, 15) is 18.3 Å². The molecule has 1 aliphatic rings. The van der Waals surface area contributed by atoms with Crippen molar-refractivity contribution in [1.29, 1.82) is 0 Å². The first-order valence-corrected chi connectivity index (χ1v) is 7.19. The topological polar surface area (TPSA) is 38.0 Å². The van der Waals surface area contributed by atoms with Gasteiger partial charge in [-0.1, -0.05) is 13.3 Å². The average molecular weight is 290 g/mol. The maximum Gasteiger partial charge on any atom is 0.391 e. The summed E-state index contributed by atoms with van der Waals surface area (Å²) in [5, 5.41) is 10.4. The molecule has 6 heteroatoms. The van der Waals surface area contributed by atoms with Crippen molar-refractivity contribution in [3.8, 4) is 0 Å². The number of aryl methyl sites for hydroxylation is 1. The normalized spacial score (nSPS) is 25.6. The minimum atomic E-state index is -4.16. The van der Waals surface area contributed by atoms with Crippen molar-refractivity contribution in [2.75, 3.05) is 0 Å². The zero-order chi connectivity index (χ0) is 14.8. The molecule has 114 valence electrons. The van der Waals surface area contributed by atoms with Gasteiger partial charge in [-0.05, 0) is 31.6 Å². The van der Waals surface area contributed by atoms with Crippen molar-refractivity contribution < 1.29 is 18.3 Å². The predicted octanol–water partition coefficient (Wildman–Crippen LogP) is 3.70. The van der Waals surface area contributed by atoms with E-state index in [4.69, 9.17) is 0 Å². The summed E-state index contributed by atoms with van der Waals surface area (Å²) in [6.45, 7) is 2.73. The monoisotopic (exact) mass is 290 g/mol. The highest BCUT2D eigenvalue weighted by atomic mass is 19.4. The van der Waals surface area contributed by atoms with Crippen LogP contribution >= 0.6 is 0 Å². The second-order valence-electron chi connectivity index (χ2n) is 5.59. The molecular formula is C14H21F3N2O. The van der Waals surface area contributed by atoms with E-state index in [1.54, 1.807) is 12.4 Å². The number of imidazole rings is 1. The Balaban J connectivity index is 2.08. The second kappa shape index (κ2) is 6.16. The summed E-state index contributed by atoms with van der Waals surface area (Å²) in [6, 6.07) is 0. The van der Waals surface area contributed by atoms with Crippen LogP contribution in [0.3, 0.4) is 0 Å².